The molecule has 0 aliphatic carbocycles. The average Bonchev–Trinajstić information content (AvgIpc) is 2.75. The fourth-order valence-electron chi connectivity index (χ4n) is 1.21. The summed E-state index contributed by atoms with van der Waals surface area (Å²) in [5, 5.41) is 15.1. The number of sulfone groups is 1. The summed E-state index contributed by atoms with van der Waals surface area (Å²) in [7, 11) is -1.29. The van der Waals surface area contributed by atoms with Crippen molar-refractivity contribution in [2.24, 2.45) is 0 Å². The Balaban J connectivity index is 2.30. The van der Waals surface area contributed by atoms with E-state index in [-0.39, 0.29) is 5.75 Å². The number of nitrogens with one attached hydrogen (secondary N) is 1. The highest BCUT2D eigenvalue weighted by molar-refractivity contribution is 8.00. The van der Waals surface area contributed by atoms with Crippen molar-refractivity contribution in [3.05, 3.63) is 0 Å². The van der Waals surface area contributed by atoms with Crippen molar-refractivity contribution >= 4 is 21.6 Å². The first-order valence-electron chi connectivity index (χ1n) is 5.79. The van der Waals surface area contributed by atoms with Crippen LogP contribution in [0.5, 0.6) is 0 Å². The molecule has 0 fully saturated rings. The summed E-state index contributed by atoms with van der Waals surface area (Å²) in [4.78, 5) is 0. The van der Waals surface area contributed by atoms with Crippen LogP contribution in [0.3, 0.4) is 0 Å². The Morgan fingerprint density at radius 2 is 2.21 bits per heavy atom. The summed E-state index contributed by atoms with van der Waals surface area (Å²) >= 11 is 1.34. The first-order valence-corrected chi connectivity index (χ1v) is 8.84. The Kier molecular flexibility index (Phi) is 7.28. The molecule has 0 spiro atoms. The highest BCUT2D eigenvalue weighted by atomic mass is 32.2. The second-order valence-corrected chi connectivity index (χ2v) is 7.23. The van der Waals surface area contributed by atoms with Crippen LogP contribution >= 0.6 is 11.8 Å². The van der Waals surface area contributed by atoms with E-state index in [9.17, 15) is 8.42 Å². The summed E-state index contributed by atoms with van der Waals surface area (Å²) in [6.07, 6.45) is 1.22. The van der Waals surface area contributed by atoms with E-state index in [1.807, 2.05) is 0 Å². The van der Waals surface area contributed by atoms with Crippen LogP contribution in [0.25, 0.3) is 0 Å². The van der Waals surface area contributed by atoms with Gasteiger partial charge in [-0.15, -0.1) is 5.10 Å². The SMILES string of the molecule is COCCNCCn1nnnc1SCCS(C)(=O)=O. The summed E-state index contributed by atoms with van der Waals surface area (Å²) < 4.78 is 28.6. The van der Waals surface area contributed by atoms with Gasteiger partial charge in [-0.25, -0.2) is 13.1 Å². The molecule has 19 heavy (non-hydrogen) atoms. The lowest BCUT2D eigenvalue weighted by molar-refractivity contribution is 0.199. The van der Waals surface area contributed by atoms with Gasteiger partial charge >= 0.3 is 0 Å². The summed E-state index contributed by atoms with van der Waals surface area (Å²) in [5.41, 5.74) is 0. The monoisotopic (exact) mass is 309 g/mol. The Labute approximate surface area is 117 Å². The molecule has 0 aliphatic rings. The standard InChI is InChI=1S/C9H19N5O3S2/c1-17-6-4-10-3-5-14-9(11-12-13-14)18-7-8-19(2,15)16/h10H,3-8H2,1-2H3. The molecule has 110 valence electrons. The number of rotatable bonds is 10. The fraction of sp³-hybridized carbons (Fsp3) is 0.889. The van der Waals surface area contributed by atoms with Crippen LogP contribution < -0.4 is 5.32 Å². The zero-order chi connectivity index (χ0) is 14.1. The highest BCUT2D eigenvalue weighted by Crippen LogP contribution is 2.13. The lowest BCUT2D eigenvalue weighted by Crippen LogP contribution is -2.24. The van der Waals surface area contributed by atoms with E-state index in [1.165, 1.54) is 18.0 Å². The number of aromatic nitrogens is 4. The quantitative estimate of drug-likeness (QED) is 0.436. The third-order valence-electron chi connectivity index (χ3n) is 2.17. The first kappa shape index (κ1) is 16.3. The van der Waals surface area contributed by atoms with E-state index in [2.05, 4.69) is 20.8 Å². The molecule has 0 atom stereocenters. The molecule has 0 unspecified atom stereocenters. The third kappa shape index (κ3) is 7.45. The van der Waals surface area contributed by atoms with E-state index in [4.69, 9.17) is 4.74 Å². The summed E-state index contributed by atoms with van der Waals surface area (Å²) in [6, 6.07) is 0. The van der Waals surface area contributed by atoms with Crippen molar-refractivity contribution in [3.63, 3.8) is 0 Å². The molecule has 0 radical (unpaired) electrons. The second kappa shape index (κ2) is 8.46. The van der Waals surface area contributed by atoms with Crippen molar-refractivity contribution in [2.45, 2.75) is 11.7 Å². The minimum absolute atomic E-state index is 0.122. The molecule has 0 aliphatic heterocycles. The Hall–Kier alpha value is -0.710. The molecule has 0 bridgehead atoms. The molecule has 10 heteroatoms. The van der Waals surface area contributed by atoms with Gasteiger partial charge in [0, 0.05) is 32.2 Å². The Bertz CT molecular complexity index is 462. The highest BCUT2D eigenvalue weighted by Gasteiger charge is 2.08. The minimum Gasteiger partial charge on any atom is -0.383 e. The van der Waals surface area contributed by atoms with E-state index < -0.39 is 9.84 Å². The van der Waals surface area contributed by atoms with Gasteiger partial charge in [-0.3, -0.25) is 0 Å². The molecular weight excluding hydrogens is 290 g/mol. The fourth-order valence-corrected chi connectivity index (χ4v) is 3.31. The van der Waals surface area contributed by atoms with Gasteiger partial charge < -0.3 is 10.1 Å². The molecule has 1 N–H and O–H groups in total. The van der Waals surface area contributed by atoms with Gasteiger partial charge in [0.2, 0.25) is 5.16 Å². The van der Waals surface area contributed by atoms with Crippen LogP contribution in [-0.2, 0) is 21.1 Å². The van der Waals surface area contributed by atoms with Crippen molar-refractivity contribution in [3.8, 4) is 0 Å². The van der Waals surface area contributed by atoms with Crippen molar-refractivity contribution in [2.75, 3.05) is 44.6 Å². The largest absolute Gasteiger partial charge is 0.383 e. The molecular formula is C9H19N5O3S2. The van der Waals surface area contributed by atoms with Gasteiger partial charge in [0.25, 0.3) is 0 Å². The molecule has 1 aromatic heterocycles. The van der Waals surface area contributed by atoms with Gasteiger partial charge in [-0.2, -0.15) is 0 Å². The van der Waals surface area contributed by atoms with Crippen LogP contribution in [0.1, 0.15) is 0 Å². The number of ether oxygens (including phenoxy) is 1. The number of nitrogens with zero attached hydrogens (tertiary/aromatic N) is 4. The zero-order valence-corrected chi connectivity index (χ0v) is 12.7. The average molecular weight is 309 g/mol. The van der Waals surface area contributed by atoms with Crippen molar-refractivity contribution in [1.29, 1.82) is 0 Å². The number of hydrogen-bond acceptors (Lipinski definition) is 8. The lowest BCUT2D eigenvalue weighted by atomic mass is 10.6. The molecule has 8 nitrogen and oxygen atoms in total. The summed E-state index contributed by atoms with van der Waals surface area (Å²) in [5.74, 6) is 0.576. The molecule has 0 saturated heterocycles. The molecule has 1 aromatic rings. The lowest BCUT2D eigenvalue weighted by Gasteiger charge is -2.05. The van der Waals surface area contributed by atoms with Gasteiger partial charge in [0.05, 0.1) is 18.9 Å². The van der Waals surface area contributed by atoms with Crippen LogP contribution in [-0.4, -0.2) is 73.2 Å². The van der Waals surface area contributed by atoms with Gasteiger partial charge in [-0.1, -0.05) is 11.8 Å². The van der Waals surface area contributed by atoms with E-state index in [0.29, 0.717) is 24.1 Å². The maximum Gasteiger partial charge on any atom is 0.209 e. The van der Waals surface area contributed by atoms with Crippen LogP contribution in [0.2, 0.25) is 0 Å². The maximum absolute atomic E-state index is 11.0. The predicted octanol–water partition coefficient (Wildman–Crippen LogP) is -0.954. The maximum atomic E-state index is 11.0. The van der Waals surface area contributed by atoms with E-state index in [0.717, 1.165) is 13.1 Å². The summed E-state index contributed by atoms with van der Waals surface area (Å²) in [6.45, 7) is 2.80. The van der Waals surface area contributed by atoms with Gasteiger partial charge in [-0.05, 0) is 10.4 Å². The van der Waals surface area contributed by atoms with E-state index in [1.54, 1.807) is 11.8 Å². The zero-order valence-electron chi connectivity index (χ0n) is 11.1. The Morgan fingerprint density at radius 3 is 2.89 bits per heavy atom. The van der Waals surface area contributed by atoms with Crippen LogP contribution in [0, 0.1) is 0 Å². The van der Waals surface area contributed by atoms with Crippen LogP contribution in [0.4, 0.5) is 0 Å². The number of thioether (sulfide) groups is 1. The topological polar surface area (TPSA) is 99.0 Å². The molecule has 0 saturated carbocycles. The van der Waals surface area contributed by atoms with Gasteiger partial charge in [0.1, 0.15) is 9.84 Å². The molecule has 1 heterocycles. The molecule has 0 amide bonds. The number of methoxy groups -OCH3 is 1. The molecule has 1 rings (SSSR count). The predicted molar refractivity (Wildman–Crippen MR) is 73.0 cm³/mol. The van der Waals surface area contributed by atoms with E-state index >= 15 is 0 Å². The normalized spacial score (nSPS) is 11.9. The van der Waals surface area contributed by atoms with Crippen LogP contribution in [0.15, 0.2) is 5.16 Å². The second-order valence-electron chi connectivity index (χ2n) is 3.91. The van der Waals surface area contributed by atoms with Crippen molar-refractivity contribution in [1.82, 2.24) is 25.5 Å². The minimum atomic E-state index is -2.94. The third-order valence-corrected chi connectivity index (χ3v) is 4.33. The molecule has 0 aromatic carbocycles. The number of hydrogen-bond donors (Lipinski definition) is 1. The first-order chi connectivity index (χ1) is 9.03. The van der Waals surface area contributed by atoms with Crippen molar-refractivity contribution < 1.29 is 13.2 Å². The number of tetrazole rings is 1. The van der Waals surface area contributed by atoms with Gasteiger partial charge in [0.15, 0.2) is 0 Å². The smallest absolute Gasteiger partial charge is 0.209 e. The Morgan fingerprint density at radius 1 is 1.42 bits per heavy atom.